The fourth-order valence-electron chi connectivity index (χ4n) is 2.91. The van der Waals surface area contributed by atoms with Crippen LogP contribution in [0, 0.1) is 0 Å². The lowest BCUT2D eigenvalue weighted by atomic mass is 10.0. The Morgan fingerprint density at radius 1 is 1.41 bits per heavy atom. The van der Waals surface area contributed by atoms with Gasteiger partial charge >= 0.3 is 0 Å². The van der Waals surface area contributed by atoms with Gasteiger partial charge in [0, 0.05) is 25.6 Å². The minimum Gasteiger partial charge on any atom is -0.311 e. The Labute approximate surface area is 102 Å². The Morgan fingerprint density at radius 3 is 3.24 bits per heavy atom. The van der Waals surface area contributed by atoms with E-state index < -0.39 is 0 Å². The molecular formula is C12H21N5. The molecule has 0 spiro atoms. The molecule has 5 nitrogen and oxygen atoms in total. The summed E-state index contributed by atoms with van der Waals surface area (Å²) in [6.45, 7) is 4.18. The molecule has 1 saturated heterocycles. The summed E-state index contributed by atoms with van der Waals surface area (Å²) in [5, 5.41) is 11.9. The Balaban J connectivity index is 1.73. The zero-order valence-corrected chi connectivity index (χ0v) is 10.5. The maximum absolute atomic E-state index is 4.33. The molecule has 1 aromatic rings. The summed E-state index contributed by atoms with van der Waals surface area (Å²) in [6.07, 6.45) is 5.06. The summed E-state index contributed by atoms with van der Waals surface area (Å²) in [4.78, 5) is 2.47. The van der Waals surface area contributed by atoms with Crippen LogP contribution in [0.25, 0.3) is 0 Å². The van der Waals surface area contributed by atoms with Crippen molar-refractivity contribution in [2.24, 2.45) is 0 Å². The monoisotopic (exact) mass is 235 g/mol. The van der Waals surface area contributed by atoms with E-state index in [1.807, 2.05) is 0 Å². The van der Waals surface area contributed by atoms with Crippen molar-refractivity contribution in [2.45, 2.75) is 44.8 Å². The fraction of sp³-hybridized carbons (Fsp3) is 0.833. The summed E-state index contributed by atoms with van der Waals surface area (Å²) >= 11 is 0. The lowest BCUT2D eigenvalue weighted by molar-refractivity contribution is 0.161. The highest BCUT2D eigenvalue weighted by Crippen LogP contribution is 2.18. The number of rotatable bonds is 2. The van der Waals surface area contributed by atoms with Crippen molar-refractivity contribution >= 4 is 0 Å². The van der Waals surface area contributed by atoms with E-state index in [0.29, 0.717) is 6.04 Å². The molecule has 1 unspecified atom stereocenters. The van der Waals surface area contributed by atoms with E-state index in [1.165, 1.54) is 31.5 Å². The standard InChI is InChI=1S/C12H21N5/c1-16-7-3-2-4-10(16)9-17-12-5-6-13-8-11(12)14-15-17/h10,13H,2-9H2,1H3. The highest BCUT2D eigenvalue weighted by Gasteiger charge is 2.23. The number of likely N-dealkylation sites (tertiary alicyclic amines) is 1. The largest absolute Gasteiger partial charge is 0.311 e. The van der Waals surface area contributed by atoms with Gasteiger partial charge in [0.05, 0.1) is 17.9 Å². The van der Waals surface area contributed by atoms with Gasteiger partial charge in [-0.1, -0.05) is 11.6 Å². The van der Waals surface area contributed by atoms with Gasteiger partial charge in [-0.25, -0.2) is 4.68 Å². The number of hydrogen-bond donors (Lipinski definition) is 1. The molecule has 1 atom stereocenters. The quantitative estimate of drug-likeness (QED) is 0.806. The molecule has 2 aliphatic rings. The normalized spacial score (nSPS) is 25.8. The van der Waals surface area contributed by atoms with Gasteiger partial charge in [-0.05, 0) is 26.4 Å². The smallest absolute Gasteiger partial charge is 0.0997 e. The third-order valence-corrected chi connectivity index (χ3v) is 4.05. The van der Waals surface area contributed by atoms with Crippen LogP contribution in [-0.4, -0.2) is 46.1 Å². The van der Waals surface area contributed by atoms with E-state index in [-0.39, 0.29) is 0 Å². The van der Waals surface area contributed by atoms with E-state index in [4.69, 9.17) is 0 Å². The highest BCUT2D eigenvalue weighted by atomic mass is 15.4. The van der Waals surface area contributed by atoms with Gasteiger partial charge in [0.1, 0.15) is 0 Å². The summed E-state index contributed by atoms with van der Waals surface area (Å²) in [6, 6.07) is 0.643. The second-order valence-corrected chi connectivity index (χ2v) is 5.22. The Hall–Kier alpha value is -0.940. The highest BCUT2D eigenvalue weighted by molar-refractivity contribution is 5.13. The fourth-order valence-corrected chi connectivity index (χ4v) is 2.91. The van der Waals surface area contributed by atoms with Crippen LogP contribution in [0.5, 0.6) is 0 Å². The number of nitrogens with zero attached hydrogens (tertiary/aromatic N) is 4. The van der Waals surface area contributed by atoms with E-state index in [1.54, 1.807) is 0 Å². The Morgan fingerprint density at radius 2 is 2.35 bits per heavy atom. The van der Waals surface area contributed by atoms with Gasteiger partial charge in [-0.15, -0.1) is 5.10 Å². The predicted octanol–water partition coefficient (Wildman–Crippen LogP) is 0.408. The van der Waals surface area contributed by atoms with E-state index in [2.05, 4.69) is 32.3 Å². The van der Waals surface area contributed by atoms with Crippen LogP contribution in [0.4, 0.5) is 0 Å². The zero-order chi connectivity index (χ0) is 11.7. The van der Waals surface area contributed by atoms with E-state index in [0.717, 1.165) is 31.7 Å². The first-order chi connectivity index (χ1) is 8.34. The molecule has 0 amide bonds. The number of aromatic nitrogens is 3. The number of likely N-dealkylation sites (N-methyl/N-ethyl adjacent to an activating group) is 1. The molecule has 0 aliphatic carbocycles. The third kappa shape index (κ3) is 2.21. The minimum atomic E-state index is 0.643. The Bertz CT molecular complexity index is 386. The van der Waals surface area contributed by atoms with Crippen LogP contribution in [0.1, 0.15) is 30.7 Å². The molecule has 1 aromatic heterocycles. The van der Waals surface area contributed by atoms with Gasteiger partial charge < -0.3 is 10.2 Å². The van der Waals surface area contributed by atoms with Crippen LogP contribution in [0.15, 0.2) is 0 Å². The first kappa shape index (κ1) is 11.2. The van der Waals surface area contributed by atoms with Gasteiger partial charge in [0.2, 0.25) is 0 Å². The molecule has 3 heterocycles. The molecule has 17 heavy (non-hydrogen) atoms. The molecule has 2 aliphatic heterocycles. The van der Waals surface area contributed by atoms with Gasteiger partial charge in [-0.3, -0.25) is 0 Å². The van der Waals surface area contributed by atoms with Crippen molar-refractivity contribution in [2.75, 3.05) is 20.1 Å². The number of hydrogen-bond acceptors (Lipinski definition) is 4. The lowest BCUT2D eigenvalue weighted by Crippen LogP contribution is -2.40. The SMILES string of the molecule is CN1CCCCC1Cn1nnc2c1CCNC2. The number of nitrogens with one attached hydrogen (secondary N) is 1. The number of fused-ring (bicyclic) bond motifs is 1. The second-order valence-electron chi connectivity index (χ2n) is 5.22. The zero-order valence-electron chi connectivity index (χ0n) is 10.5. The second kappa shape index (κ2) is 4.74. The van der Waals surface area contributed by atoms with E-state index >= 15 is 0 Å². The van der Waals surface area contributed by atoms with Gasteiger partial charge in [0.15, 0.2) is 0 Å². The molecule has 0 aromatic carbocycles. The van der Waals surface area contributed by atoms with Crippen molar-refractivity contribution in [3.05, 3.63) is 11.4 Å². The Kier molecular flexibility index (Phi) is 3.11. The predicted molar refractivity (Wildman–Crippen MR) is 65.7 cm³/mol. The first-order valence-corrected chi connectivity index (χ1v) is 6.67. The van der Waals surface area contributed by atoms with Crippen LogP contribution < -0.4 is 5.32 Å². The van der Waals surface area contributed by atoms with Crippen LogP contribution in [-0.2, 0) is 19.5 Å². The third-order valence-electron chi connectivity index (χ3n) is 4.05. The molecule has 5 heteroatoms. The summed E-state index contributed by atoms with van der Waals surface area (Å²) < 4.78 is 2.14. The molecule has 0 saturated carbocycles. The van der Waals surface area contributed by atoms with E-state index in [9.17, 15) is 0 Å². The van der Waals surface area contributed by atoms with Crippen molar-refractivity contribution in [3.63, 3.8) is 0 Å². The molecule has 0 bridgehead atoms. The van der Waals surface area contributed by atoms with Crippen molar-refractivity contribution in [1.29, 1.82) is 0 Å². The average Bonchev–Trinajstić information content (AvgIpc) is 2.76. The van der Waals surface area contributed by atoms with Crippen molar-refractivity contribution in [3.8, 4) is 0 Å². The molecule has 94 valence electrons. The first-order valence-electron chi connectivity index (χ1n) is 6.67. The average molecular weight is 235 g/mol. The van der Waals surface area contributed by atoms with Gasteiger partial charge in [-0.2, -0.15) is 0 Å². The molecule has 1 fully saturated rings. The minimum absolute atomic E-state index is 0.643. The summed E-state index contributed by atoms with van der Waals surface area (Å²) in [5.74, 6) is 0. The molecule has 3 rings (SSSR count). The maximum Gasteiger partial charge on any atom is 0.0997 e. The summed E-state index contributed by atoms with van der Waals surface area (Å²) in [5.41, 5.74) is 2.50. The van der Waals surface area contributed by atoms with Crippen molar-refractivity contribution < 1.29 is 0 Å². The molecule has 0 radical (unpaired) electrons. The summed E-state index contributed by atoms with van der Waals surface area (Å²) in [7, 11) is 2.23. The molecule has 1 N–H and O–H groups in total. The number of piperidine rings is 1. The topological polar surface area (TPSA) is 46.0 Å². The van der Waals surface area contributed by atoms with Gasteiger partial charge in [0.25, 0.3) is 0 Å². The van der Waals surface area contributed by atoms with Crippen molar-refractivity contribution in [1.82, 2.24) is 25.2 Å². The van der Waals surface area contributed by atoms with Crippen LogP contribution >= 0.6 is 0 Å². The maximum atomic E-state index is 4.33. The van der Waals surface area contributed by atoms with Crippen LogP contribution in [0.2, 0.25) is 0 Å². The van der Waals surface area contributed by atoms with Crippen LogP contribution in [0.3, 0.4) is 0 Å². The molecular weight excluding hydrogens is 214 g/mol. The lowest BCUT2D eigenvalue weighted by Gasteiger charge is -2.32.